The zero-order chi connectivity index (χ0) is 14.2. The number of hydrogen-bond donors (Lipinski definition) is 1. The van der Waals surface area contributed by atoms with Gasteiger partial charge in [-0.05, 0) is 39.0 Å². The average molecular weight is 300 g/mol. The van der Waals surface area contributed by atoms with E-state index in [2.05, 4.69) is 10.1 Å². The lowest BCUT2D eigenvalue weighted by atomic mass is 10.1. The Bertz CT molecular complexity index is 602. The molecule has 0 unspecified atom stereocenters. The summed E-state index contributed by atoms with van der Waals surface area (Å²) in [5.74, 6) is 1.31. The smallest absolute Gasteiger partial charge is 0.158 e. The van der Waals surface area contributed by atoms with E-state index in [1.807, 2.05) is 13.0 Å². The molecule has 0 atom stereocenters. The van der Waals surface area contributed by atoms with Crippen LogP contribution in [-0.2, 0) is 6.54 Å². The van der Waals surface area contributed by atoms with Crippen molar-refractivity contribution >= 4 is 23.2 Å². The minimum Gasteiger partial charge on any atom is -0.389 e. The van der Waals surface area contributed by atoms with Gasteiger partial charge in [0.2, 0.25) is 0 Å². The van der Waals surface area contributed by atoms with Crippen molar-refractivity contribution < 1.29 is 5.11 Å². The van der Waals surface area contributed by atoms with Crippen molar-refractivity contribution in [2.24, 2.45) is 0 Å². The second kappa shape index (κ2) is 5.12. The molecule has 0 saturated carbocycles. The number of halogens is 2. The fraction of sp³-hybridized carbons (Fsp3) is 0.385. The summed E-state index contributed by atoms with van der Waals surface area (Å²) in [5.41, 5.74) is -0.0512. The molecule has 19 heavy (non-hydrogen) atoms. The number of aryl methyl sites for hydroxylation is 1. The maximum Gasteiger partial charge on any atom is 0.158 e. The Morgan fingerprint density at radius 1 is 1.26 bits per heavy atom. The molecule has 2 aromatic rings. The first-order valence-electron chi connectivity index (χ1n) is 5.85. The molecule has 0 saturated heterocycles. The summed E-state index contributed by atoms with van der Waals surface area (Å²) >= 11 is 11.9. The lowest BCUT2D eigenvalue weighted by molar-refractivity contribution is 0.0581. The van der Waals surface area contributed by atoms with Crippen LogP contribution < -0.4 is 0 Å². The van der Waals surface area contributed by atoms with E-state index < -0.39 is 5.60 Å². The van der Waals surface area contributed by atoms with E-state index in [1.165, 1.54) is 0 Å². The fourth-order valence-electron chi connectivity index (χ4n) is 1.78. The monoisotopic (exact) mass is 299 g/mol. The summed E-state index contributed by atoms with van der Waals surface area (Å²) in [6.45, 7) is 5.61. The predicted molar refractivity (Wildman–Crippen MR) is 76.5 cm³/mol. The molecule has 0 fully saturated rings. The van der Waals surface area contributed by atoms with Crippen LogP contribution in [0.1, 0.15) is 19.7 Å². The molecule has 1 aromatic heterocycles. The summed E-state index contributed by atoms with van der Waals surface area (Å²) in [7, 11) is 0. The molecule has 0 radical (unpaired) electrons. The highest BCUT2D eigenvalue weighted by atomic mass is 35.5. The molecule has 0 spiro atoms. The van der Waals surface area contributed by atoms with Crippen molar-refractivity contribution in [3.8, 4) is 11.4 Å². The number of rotatable bonds is 3. The largest absolute Gasteiger partial charge is 0.389 e. The zero-order valence-corrected chi connectivity index (χ0v) is 12.5. The summed E-state index contributed by atoms with van der Waals surface area (Å²) in [4.78, 5) is 4.37. The van der Waals surface area contributed by atoms with Gasteiger partial charge in [-0.1, -0.05) is 23.2 Å². The van der Waals surface area contributed by atoms with Crippen molar-refractivity contribution in [3.05, 3.63) is 34.1 Å². The molecule has 0 aliphatic heterocycles. The van der Waals surface area contributed by atoms with Crippen LogP contribution in [0.5, 0.6) is 0 Å². The summed E-state index contributed by atoms with van der Waals surface area (Å²) in [6, 6.07) is 5.30. The molecule has 102 valence electrons. The third-order valence-corrected chi connectivity index (χ3v) is 3.23. The van der Waals surface area contributed by atoms with Crippen LogP contribution in [0.4, 0.5) is 0 Å². The zero-order valence-electron chi connectivity index (χ0n) is 11.0. The Balaban J connectivity index is 2.46. The maximum absolute atomic E-state index is 9.91. The number of aliphatic hydroxyl groups is 1. The van der Waals surface area contributed by atoms with E-state index in [0.717, 1.165) is 5.56 Å². The summed E-state index contributed by atoms with van der Waals surface area (Å²) in [5, 5.41) is 15.2. The van der Waals surface area contributed by atoms with E-state index >= 15 is 0 Å². The van der Waals surface area contributed by atoms with E-state index in [-0.39, 0.29) is 0 Å². The first-order valence-corrected chi connectivity index (χ1v) is 6.61. The SMILES string of the molecule is Cc1nc(-c2ccc(Cl)c(Cl)c2)n(CC(C)(C)O)n1. The van der Waals surface area contributed by atoms with Crippen molar-refractivity contribution in [3.63, 3.8) is 0 Å². The van der Waals surface area contributed by atoms with Gasteiger partial charge >= 0.3 is 0 Å². The highest BCUT2D eigenvalue weighted by molar-refractivity contribution is 6.42. The van der Waals surface area contributed by atoms with Gasteiger partial charge in [-0.15, -0.1) is 0 Å². The van der Waals surface area contributed by atoms with Gasteiger partial charge in [0.1, 0.15) is 5.82 Å². The normalized spacial score (nSPS) is 11.9. The van der Waals surface area contributed by atoms with E-state index in [1.54, 1.807) is 30.7 Å². The number of hydrogen-bond acceptors (Lipinski definition) is 3. The third kappa shape index (κ3) is 3.47. The summed E-state index contributed by atoms with van der Waals surface area (Å²) < 4.78 is 1.68. The number of aromatic nitrogens is 3. The van der Waals surface area contributed by atoms with Crippen LogP contribution >= 0.6 is 23.2 Å². The summed E-state index contributed by atoms with van der Waals surface area (Å²) in [6.07, 6.45) is 0. The first-order chi connectivity index (χ1) is 8.76. The highest BCUT2D eigenvalue weighted by Crippen LogP contribution is 2.28. The molecule has 0 amide bonds. The van der Waals surface area contributed by atoms with Crippen LogP contribution in [0.2, 0.25) is 10.0 Å². The van der Waals surface area contributed by atoms with Crippen LogP contribution in [0.15, 0.2) is 18.2 Å². The number of benzene rings is 1. The Kier molecular flexibility index (Phi) is 3.85. The van der Waals surface area contributed by atoms with Crippen molar-refractivity contribution in [1.29, 1.82) is 0 Å². The third-order valence-electron chi connectivity index (χ3n) is 2.49. The lowest BCUT2D eigenvalue weighted by Gasteiger charge is -2.18. The molecule has 6 heteroatoms. The van der Waals surface area contributed by atoms with E-state index in [4.69, 9.17) is 23.2 Å². The molecule has 1 aromatic carbocycles. The van der Waals surface area contributed by atoms with Gasteiger partial charge in [0.25, 0.3) is 0 Å². The quantitative estimate of drug-likeness (QED) is 0.946. The Morgan fingerprint density at radius 2 is 1.95 bits per heavy atom. The van der Waals surface area contributed by atoms with Gasteiger partial charge in [0.15, 0.2) is 5.82 Å². The van der Waals surface area contributed by atoms with Gasteiger partial charge in [-0.3, -0.25) is 0 Å². The molecular formula is C13H15Cl2N3O. The molecule has 1 heterocycles. The van der Waals surface area contributed by atoms with E-state index in [0.29, 0.717) is 28.2 Å². The van der Waals surface area contributed by atoms with Crippen LogP contribution in [-0.4, -0.2) is 25.5 Å². The van der Waals surface area contributed by atoms with Crippen LogP contribution in [0, 0.1) is 6.92 Å². The second-order valence-electron chi connectivity index (χ2n) is 5.08. The molecule has 0 aliphatic rings. The van der Waals surface area contributed by atoms with Gasteiger partial charge in [-0.25, -0.2) is 9.67 Å². The molecule has 0 aliphatic carbocycles. The molecular weight excluding hydrogens is 285 g/mol. The van der Waals surface area contributed by atoms with E-state index in [9.17, 15) is 5.11 Å². The molecule has 0 bridgehead atoms. The van der Waals surface area contributed by atoms with Crippen molar-refractivity contribution in [2.45, 2.75) is 32.9 Å². The second-order valence-corrected chi connectivity index (χ2v) is 5.90. The van der Waals surface area contributed by atoms with Crippen molar-refractivity contribution in [1.82, 2.24) is 14.8 Å². The first kappa shape index (κ1) is 14.3. The minimum absolute atomic E-state index is 0.351. The minimum atomic E-state index is -0.870. The fourth-order valence-corrected chi connectivity index (χ4v) is 2.08. The molecule has 4 nitrogen and oxygen atoms in total. The van der Waals surface area contributed by atoms with Gasteiger partial charge < -0.3 is 5.11 Å². The Hall–Kier alpha value is -1.10. The topological polar surface area (TPSA) is 50.9 Å². The highest BCUT2D eigenvalue weighted by Gasteiger charge is 2.19. The van der Waals surface area contributed by atoms with Gasteiger partial charge in [0.05, 0.1) is 22.2 Å². The van der Waals surface area contributed by atoms with Crippen LogP contribution in [0.25, 0.3) is 11.4 Å². The van der Waals surface area contributed by atoms with Crippen LogP contribution in [0.3, 0.4) is 0 Å². The predicted octanol–water partition coefficient (Wildman–Crippen LogP) is 3.33. The maximum atomic E-state index is 9.91. The molecule has 2 rings (SSSR count). The van der Waals surface area contributed by atoms with Gasteiger partial charge in [0, 0.05) is 5.56 Å². The van der Waals surface area contributed by atoms with Crippen molar-refractivity contribution in [2.75, 3.05) is 0 Å². The lowest BCUT2D eigenvalue weighted by Crippen LogP contribution is -2.27. The van der Waals surface area contributed by atoms with Gasteiger partial charge in [-0.2, -0.15) is 5.10 Å². The Morgan fingerprint density at radius 3 is 2.53 bits per heavy atom. The standard InChI is InChI=1S/C13H15Cl2N3O/c1-8-16-12(18(17-8)7-13(2,3)19)9-4-5-10(14)11(15)6-9/h4-6,19H,7H2,1-3H3. The average Bonchev–Trinajstić information content (AvgIpc) is 2.61. The Labute approximate surface area is 122 Å². The number of nitrogens with zero attached hydrogens (tertiary/aromatic N) is 3. The molecule has 1 N–H and O–H groups in total.